The Balaban J connectivity index is 2.12. The number of Topliss-reactive ketones (excluding diaryl/α,β-unsaturated/α-hetero) is 1. The number of hydrogen-bond acceptors (Lipinski definition) is 6. The lowest BCUT2D eigenvalue weighted by Gasteiger charge is -2.24. The Morgan fingerprint density at radius 2 is 2.03 bits per heavy atom. The number of methoxy groups -OCH3 is 1. The van der Waals surface area contributed by atoms with Gasteiger partial charge in [0.1, 0.15) is 17.6 Å². The van der Waals surface area contributed by atoms with Crippen LogP contribution >= 0.6 is 11.6 Å². The van der Waals surface area contributed by atoms with Crippen LogP contribution in [0.3, 0.4) is 0 Å². The number of ketones is 1. The van der Waals surface area contributed by atoms with Crippen molar-refractivity contribution in [2.75, 3.05) is 20.3 Å². The van der Waals surface area contributed by atoms with Crippen molar-refractivity contribution in [3.63, 3.8) is 0 Å². The van der Waals surface area contributed by atoms with E-state index in [1.807, 2.05) is 13.8 Å². The van der Waals surface area contributed by atoms with Gasteiger partial charge >= 0.3 is 0 Å². The number of pyridine rings is 1. The van der Waals surface area contributed by atoms with E-state index in [2.05, 4.69) is 4.98 Å². The molecule has 0 bridgehead atoms. The SMILES string of the molecule is COc1ccc(Cl)c(/C(O)=C2\C(=O)C(=O)N(CCOC(C)C)C2c2ccccn2)c1. The summed E-state index contributed by atoms with van der Waals surface area (Å²) in [5.41, 5.74) is 0.591. The Labute approximate surface area is 179 Å². The Morgan fingerprint density at radius 3 is 2.67 bits per heavy atom. The number of rotatable bonds is 7. The quantitative estimate of drug-likeness (QED) is 0.410. The van der Waals surface area contributed by atoms with Gasteiger partial charge in [-0.15, -0.1) is 0 Å². The molecule has 0 radical (unpaired) electrons. The molecule has 1 aliphatic rings. The van der Waals surface area contributed by atoms with Crippen molar-refractivity contribution in [1.29, 1.82) is 0 Å². The summed E-state index contributed by atoms with van der Waals surface area (Å²) in [6, 6.07) is 9.04. The average molecular weight is 431 g/mol. The van der Waals surface area contributed by atoms with E-state index < -0.39 is 17.7 Å². The third kappa shape index (κ3) is 4.32. The summed E-state index contributed by atoms with van der Waals surface area (Å²) in [4.78, 5) is 31.4. The Hall–Kier alpha value is -2.90. The minimum Gasteiger partial charge on any atom is -0.507 e. The van der Waals surface area contributed by atoms with Crippen molar-refractivity contribution in [2.24, 2.45) is 0 Å². The molecule has 1 aliphatic heterocycles. The molecule has 1 amide bonds. The molecule has 3 rings (SSSR count). The van der Waals surface area contributed by atoms with E-state index in [1.165, 1.54) is 18.1 Å². The van der Waals surface area contributed by atoms with E-state index in [-0.39, 0.29) is 41.2 Å². The van der Waals surface area contributed by atoms with Gasteiger partial charge in [0.25, 0.3) is 11.7 Å². The molecule has 0 aliphatic carbocycles. The zero-order chi connectivity index (χ0) is 21.8. The highest BCUT2D eigenvalue weighted by atomic mass is 35.5. The average Bonchev–Trinajstić information content (AvgIpc) is 2.99. The minimum atomic E-state index is -0.857. The molecule has 1 fully saturated rings. The standard InChI is InChI=1S/C22H23ClN2O5/c1-13(2)30-11-10-25-19(17-6-4-5-9-24-17)18(21(27)22(25)28)20(26)15-12-14(29-3)7-8-16(15)23/h4-9,12-13,19,26H,10-11H2,1-3H3/b20-18+. The molecule has 7 nitrogen and oxygen atoms in total. The number of aliphatic hydroxyl groups is 1. The molecule has 0 saturated carbocycles. The molecule has 30 heavy (non-hydrogen) atoms. The van der Waals surface area contributed by atoms with E-state index in [4.69, 9.17) is 21.1 Å². The highest BCUT2D eigenvalue weighted by Crippen LogP contribution is 2.40. The van der Waals surface area contributed by atoms with Crippen LogP contribution in [0, 0.1) is 0 Å². The molecule has 2 heterocycles. The number of carbonyl (C=O) groups excluding carboxylic acids is 2. The summed E-state index contributed by atoms with van der Waals surface area (Å²) in [5, 5.41) is 11.3. The number of benzene rings is 1. The number of aliphatic hydroxyl groups excluding tert-OH is 1. The van der Waals surface area contributed by atoms with Gasteiger partial charge in [-0.1, -0.05) is 17.7 Å². The molecule has 1 saturated heterocycles. The van der Waals surface area contributed by atoms with Gasteiger partial charge < -0.3 is 19.5 Å². The zero-order valence-electron chi connectivity index (χ0n) is 17.0. The van der Waals surface area contributed by atoms with Crippen molar-refractivity contribution in [3.8, 4) is 5.75 Å². The largest absolute Gasteiger partial charge is 0.507 e. The number of likely N-dealkylation sites (tertiary alicyclic amines) is 1. The van der Waals surface area contributed by atoms with E-state index in [0.717, 1.165) is 0 Å². The van der Waals surface area contributed by atoms with Crippen LogP contribution in [-0.4, -0.2) is 53.0 Å². The lowest BCUT2D eigenvalue weighted by atomic mass is 9.98. The summed E-state index contributed by atoms with van der Waals surface area (Å²) in [7, 11) is 1.48. The highest BCUT2D eigenvalue weighted by molar-refractivity contribution is 6.47. The van der Waals surface area contributed by atoms with Crippen LogP contribution in [0.1, 0.15) is 31.1 Å². The number of hydrogen-bond donors (Lipinski definition) is 1. The van der Waals surface area contributed by atoms with Gasteiger partial charge in [0.15, 0.2) is 0 Å². The topological polar surface area (TPSA) is 89.0 Å². The van der Waals surface area contributed by atoms with Crippen LogP contribution < -0.4 is 4.74 Å². The molecule has 1 atom stereocenters. The van der Waals surface area contributed by atoms with Crippen molar-refractivity contribution in [3.05, 3.63) is 64.4 Å². The smallest absolute Gasteiger partial charge is 0.295 e. The van der Waals surface area contributed by atoms with Gasteiger partial charge in [-0.25, -0.2) is 0 Å². The first kappa shape index (κ1) is 21.8. The van der Waals surface area contributed by atoms with Crippen LogP contribution in [0.2, 0.25) is 5.02 Å². The molecule has 8 heteroatoms. The first-order valence-corrected chi connectivity index (χ1v) is 9.87. The van der Waals surface area contributed by atoms with Crippen LogP contribution in [-0.2, 0) is 14.3 Å². The van der Waals surface area contributed by atoms with Crippen LogP contribution in [0.4, 0.5) is 0 Å². The molecular weight excluding hydrogens is 408 g/mol. The van der Waals surface area contributed by atoms with Gasteiger partial charge in [-0.2, -0.15) is 0 Å². The van der Waals surface area contributed by atoms with Crippen molar-refractivity contribution in [1.82, 2.24) is 9.88 Å². The lowest BCUT2D eigenvalue weighted by Crippen LogP contribution is -2.33. The number of amides is 1. The maximum absolute atomic E-state index is 12.9. The molecule has 158 valence electrons. The second-order valence-electron chi connectivity index (χ2n) is 7.01. The predicted molar refractivity (Wildman–Crippen MR) is 112 cm³/mol. The summed E-state index contributed by atoms with van der Waals surface area (Å²) in [6.07, 6.45) is 1.55. The molecule has 0 spiro atoms. The number of nitrogens with zero attached hydrogens (tertiary/aromatic N) is 2. The third-order valence-electron chi connectivity index (χ3n) is 4.72. The first-order valence-electron chi connectivity index (χ1n) is 9.50. The summed E-state index contributed by atoms with van der Waals surface area (Å²) in [6.45, 7) is 4.19. The van der Waals surface area contributed by atoms with Crippen molar-refractivity contribution < 1.29 is 24.2 Å². The van der Waals surface area contributed by atoms with Gasteiger partial charge in [0, 0.05) is 18.3 Å². The molecule has 1 unspecified atom stereocenters. The van der Waals surface area contributed by atoms with E-state index in [9.17, 15) is 14.7 Å². The molecule has 1 aromatic heterocycles. The third-order valence-corrected chi connectivity index (χ3v) is 5.05. The second-order valence-corrected chi connectivity index (χ2v) is 7.42. The molecular formula is C22H23ClN2O5. The Kier molecular flexibility index (Phi) is 6.74. The Morgan fingerprint density at radius 1 is 1.27 bits per heavy atom. The van der Waals surface area contributed by atoms with Gasteiger partial charge in [-0.05, 0) is 44.2 Å². The maximum atomic E-state index is 12.9. The van der Waals surface area contributed by atoms with Gasteiger partial charge in [0.05, 0.1) is 36.1 Å². The Bertz CT molecular complexity index is 975. The fourth-order valence-corrected chi connectivity index (χ4v) is 3.51. The number of halogens is 1. The van der Waals surface area contributed by atoms with Crippen molar-refractivity contribution in [2.45, 2.75) is 26.0 Å². The maximum Gasteiger partial charge on any atom is 0.295 e. The fourth-order valence-electron chi connectivity index (χ4n) is 3.30. The summed E-state index contributed by atoms with van der Waals surface area (Å²) < 4.78 is 10.8. The molecule has 1 aromatic carbocycles. The number of aromatic nitrogens is 1. The van der Waals surface area contributed by atoms with Crippen LogP contribution in [0.15, 0.2) is 48.2 Å². The fraction of sp³-hybridized carbons (Fsp3) is 0.318. The van der Waals surface area contributed by atoms with E-state index >= 15 is 0 Å². The summed E-state index contributed by atoms with van der Waals surface area (Å²) in [5.74, 6) is -1.44. The van der Waals surface area contributed by atoms with Crippen LogP contribution in [0.5, 0.6) is 5.75 Å². The normalized spacial score (nSPS) is 18.3. The predicted octanol–water partition coefficient (Wildman–Crippen LogP) is 3.59. The molecule has 1 N–H and O–H groups in total. The second kappa shape index (κ2) is 9.28. The first-order chi connectivity index (χ1) is 14.3. The number of ether oxygens (including phenoxy) is 2. The highest BCUT2D eigenvalue weighted by Gasteiger charge is 2.46. The van der Waals surface area contributed by atoms with E-state index in [1.54, 1.807) is 36.5 Å². The van der Waals surface area contributed by atoms with Gasteiger partial charge in [-0.3, -0.25) is 14.6 Å². The van der Waals surface area contributed by atoms with Crippen LogP contribution in [0.25, 0.3) is 5.76 Å². The molecule has 2 aromatic rings. The van der Waals surface area contributed by atoms with E-state index in [0.29, 0.717) is 11.4 Å². The monoisotopic (exact) mass is 430 g/mol. The number of carbonyl (C=O) groups is 2. The van der Waals surface area contributed by atoms with Gasteiger partial charge in [0.2, 0.25) is 0 Å². The minimum absolute atomic E-state index is 0.0225. The lowest BCUT2D eigenvalue weighted by molar-refractivity contribution is -0.140. The van der Waals surface area contributed by atoms with Crippen molar-refractivity contribution >= 4 is 29.1 Å². The zero-order valence-corrected chi connectivity index (χ0v) is 17.7. The summed E-state index contributed by atoms with van der Waals surface area (Å²) >= 11 is 6.26.